The molecule has 1 aromatic rings. The first-order valence-electron chi connectivity index (χ1n) is 10.4. The number of aliphatic imine (C=N–C) groups is 1. The zero-order valence-electron chi connectivity index (χ0n) is 18.4. The number of carbonyl (C=O) groups is 1. The van der Waals surface area contributed by atoms with Crippen LogP contribution in [-0.4, -0.2) is 62.8 Å². The fourth-order valence-corrected chi connectivity index (χ4v) is 3.29. The van der Waals surface area contributed by atoms with Crippen LogP contribution >= 0.6 is 0 Å². The van der Waals surface area contributed by atoms with Crippen molar-refractivity contribution in [3.8, 4) is 5.75 Å². The molecule has 1 aromatic carbocycles. The Bertz CT molecular complexity index is 651. The Labute approximate surface area is 174 Å². The van der Waals surface area contributed by atoms with Gasteiger partial charge in [0.15, 0.2) is 5.96 Å². The van der Waals surface area contributed by atoms with Crippen LogP contribution in [0.15, 0.2) is 29.3 Å². The Morgan fingerprint density at radius 1 is 1.17 bits per heavy atom. The lowest BCUT2D eigenvalue weighted by molar-refractivity contribution is -0.127. The third-order valence-electron chi connectivity index (χ3n) is 4.96. The molecule has 1 saturated carbocycles. The average Bonchev–Trinajstić information content (AvgIpc) is 2.71. The molecule has 0 heterocycles. The normalized spacial score (nSPS) is 19.7. The quantitative estimate of drug-likeness (QED) is 0.514. The molecule has 7 nitrogen and oxygen atoms in total. The van der Waals surface area contributed by atoms with Gasteiger partial charge in [-0.15, -0.1) is 0 Å². The Hall–Kier alpha value is -2.28. The van der Waals surface area contributed by atoms with E-state index in [0.29, 0.717) is 24.7 Å². The SMILES string of the molecule is COc1ccc(CN=C(NCC(=O)N(C)C)NC2CCC(OC(C)C)CC2)cc1. The predicted molar refractivity (Wildman–Crippen MR) is 116 cm³/mol. The number of rotatable bonds is 8. The zero-order valence-corrected chi connectivity index (χ0v) is 18.4. The summed E-state index contributed by atoms with van der Waals surface area (Å²) in [6.07, 6.45) is 4.75. The maximum absolute atomic E-state index is 12.0. The van der Waals surface area contributed by atoms with Crippen LogP contribution < -0.4 is 15.4 Å². The van der Waals surface area contributed by atoms with Gasteiger partial charge in [-0.05, 0) is 57.2 Å². The van der Waals surface area contributed by atoms with Crippen LogP contribution in [0.1, 0.15) is 45.1 Å². The van der Waals surface area contributed by atoms with E-state index >= 15 is 0 Å². The van der Waals surface area contributed by atoms with Crippen LogP contribution in [0.5, 0.6) is 5.75 Å². The number of guanidine groups is 1. The first-order chi connectivity index (χ1) is 13.9. The van der Waals surface area contributed by atoms with Crippen molar-refractivity contribution in [2.24, 2.45) is 4.99 Å². The van der Waals surface area contributed by atoms with E-state index in [2.05, 4.69) is 24.5 Å². The number of ether oxygens (including phenoxy) is 2. The van der Waals surface area contributed by atoms with Gasteiger partial charge >= 0.3 is 0 Å². The minimum atomic E-state index is 0.0120. The third-order valence-corrected chi connectivity index (χ3v) is 4.96. The molecular weight excluding hydrogens is 368 g/mol. The number of nitrogens with zero attached hydrogens (tertiary/aromatic N) is 2. The van der Waals surface area contributed by atoms with Gasteiger partial charge in [-0.2, -0.15) is 0 Å². The molecule has 29 heavy (non-hydrogen) atoms. The minimum Gasteiger partial charge on any atom is -0.497 e. The highest BCUT2D eigenvalue weighted by Gasteiger charge is 2.23. The van der Waals surface area contributed by atoms with Gasteiger partial charge in [0.25, 0.3) is 0 Å². The van der Waals surface area contributed by atoms with E-state index in [4.69, 9.17) is 14.5 Å². The molecule has 2 rings (SSSR count). The summed E-state index contributed by atoms with van der Waals surface area (Å²) in [6, 6.07) is 8.19. The molecule has 1 aliphatic rings. The molecule has 0 aromatic heterocycles. The standard InChI is InChI=1S/C22H36N4O3/c1-16(2)29-20-12-8-18(9-13-20)25-22(24-15-21(27)26(3)4)23-14-17-6-10-19(28-5)11-7-17/h6-7,10-11,16,18,20H,8-9,12-15H2,1-5H3,(H2,23,24,25). The molecule has 0 spiro atoms. The van der Waals surface area contributed by atoms with Crippen molar-refractivity contribution in [1.29, 1.82) is 0 Å². The third kappa shape index (κ3) is 8.31. The molecule has 0 aliphatic heterocycles. The van der Waals surface area contributed by atoms with Gasteiger partial charge in [-0.3, -0.25) is 4.79 Å². The minimum absolute atomic E-state index is 0.0120. The van der Waals surface area contributed by atoms with E-state index < -0.39 is 0 Å². The van der Waals surface area contributed by atoms with Crippen molar-refractivity contribution in [2.45, 2.75) is 64.3 Å². The number of benzene rings is 1. The lowest BCUT2D eigenvalue weighted by atomic mass is 9.93. The van der Waals surface area contributed by atoms with Gasteiger partial charge in [0.2, 0.25) is 5.91 Å². The van der Waals surface area contributed by atoms with Crippen LogP contribution in [0.2, 0.25) is 0 Å². The lowest BCUT2D eigenvalue weighted by Gasteiger charge is -2.31. The summed E-state index contributed by atoms with van der Waals surface area (Å²) in [6.45, 7) is 4.91. The molecule has 7 heteroatoms. The van der Waals surface area contributed by atoms with Crippen LogP contribution in [0.4, 0.5) is 0 Å². The summed E-state index contributed by atoms with van der Waals surface area (Å²) in [5.41, 5.74) is 1.08. The number of hydrogen-bond donors (Lipinski definition) is 2. The van der Waals surface area contributed by atoms with E-state index in [1.165, 1.54) is 0 Å². The van der Waals surface area contributed by atoms with Gasteiger partial charge in [0.1, 0.15) is 5.75 Å². The Morgan fingerprint density at radius 3 is 2.38 bits per heavy atom. The van der Waals surface area contributed by atoms with Gasteiger partial charge in [0, 0.05) is 20.1 Å². The van der Waals surface area contributed by atoms with Crippen LogP contribution in [0, 0.1) is 0 Å². The number of carbonyl (C=O) groups excluding carboxylic acids is 1. The van der Waals surface area contributed by atoms with Crippen molar-refractivity contribution in [1.82, 2.24) is 15.5 Å². The molecule has 1 aliphatic carbocycles. The van der Waals surface area contributed by atoms with E-state index in [1.807, 2.05) is 24.3 Å². The topological polar surface area (TPSA) is 75.2 Å². The largest absolute Gasteiger partial charge is 0.497 e. The van der Waals surface area contributed by atoms with Crippen LogP contribution in [0.25, 0.3) is 0 Å². The maximum Gasteiger partial charge on any atom is 0.241 e. The predicted octanol–water partition coefficient (Wildman–Crippen LogP) is 2.55. The number of nitrogens with one attached hydrogen (secondary N) is 2. The summed E-state index contributed by atoms with van der Waals surface area (Å²) in [4.78, 5) is 18.2. The molecule has 2 N–H and O–H groups in total. The molecule has 0 unspecified atom stereocenters. The average molecular weight is 405 g/mol. The van der Waals surface area contributed by atoms with Crippen molar-refractivity contribution in [3.05, 3.63) is 29.8 Å². The molecule has 0 bridgehead atoms. The van der Waals surface area contributed by atoms with Crippen molar-refractivity contribution in [3.63, 3.8) is 0 Å². The summed E-state index contributed by atoms with van der Waals surface area (Å²) in [5, 5.41) is 6.68. The van der Waals surface area contributed by atoms with Gasteiger partial charge in [-0.25, -0.2) is 4.99 Å². The van der Waals surface area contributed by atoms with Crippen molar-refractivity contribution < 1.29 is 14.3 Å². The van der Waals surface area contributed by atoms with Crippen LogP contribution in [-0.2, 0) is 16.1 Å². The second kappa shape index (κ2) is 11.7. The smallest absolute Gasteiger partial charge is 0.241 e. The molecule has 0 atom stereocenters. The zero-order chi connectivity index (χ0) is 21.2. The molecule has 0 radical (unpaired) electrons. The monoisotopic (exact) mass is 404 g/mol. The molecule has 0 saturated heterocycles. The van der Waals surface area contributed by atoms with Gasteiger partial charge in [0.05, 0.1) is 32.4 Å². The highest BCUT2D eigenvalue weighted by atomic mass is 16.5. The summed E-state index contributed by atoms with van der Waals surface area (Å²) in [5.74, 6) is 1.51. The van der Waals surface area contributed by atoms with E-state index in [-0.39, 0.29) is 18.6 Å². The highest BCUT2D eigenvalue weighted by molar-refractivity contribution is 5.86. The van der Waals surface area contributed by atoms with Crippen molar-refractivity contribution >= 4 is 11.9 Å². The fourth-order valence-electron chi connectivity index (χ4n) is 3.29. The lowest BCUT2D eigenvalue weighted by Crippen LogP contribution is -2.48. The molecule has 1 fully saturated rings. The van der Waals surface area contributed by atoms with E-state index in [9.17, 15) is 4.79 Å². The summed E-state index contributed by atoms with van der Waals surface area (Å²) in [7, 11) is 5.16. The number of amides is 1. The van der Waals surface area contributed by atoms with Gasteiger partial charge in [-0.1, -0.05) is 12.1 Å². The second-order valence-corrected chi connectivity index (χ2v) is 7.96. The number of hydrogen-bond acceptors (Lipinski definition) is 4. The van der Waals surface area contributed by atoms with Crippen molar-refractivity contribution in [2.75, 3.05) is 27.7 Å². The van der Waals surface area contributed by atoms with Crippen LogP contribution in [0.3, 0.4) is 0 Å². The first-order valence-corrected chi connectivity index (χ1v) is 10.4. The molecule has 1 amide bonds. The second-order valence-electron chi connectivity index (χ2n) is 7.96. The van der Waals surface area contributed by atoms with Gasteiger partial charge < -0.3 is 25.0 Å². The first kappa shape index (κ1) is 23.0. The summed E-state index contributed by atoms with van der Waals surface area (Å²) < 4.78 is 11.1. The summed E-state index contributed by atoms with van der Waals surface area (Å²) >= 11 is 0. The number of methoxy groups -OCH3 is 1. The van der Waals surface area contributed by atoms with E-state index in [0.717, 1.165) is 37.0 Å². The Balaban J connectivity index is 1.95. The highest BCUT2D eigenvalue weighted by Crippen LogP contribution is 2.22. The number of likely N-dealkylation sites (N-methyl/N-ethyl adjacent to an activating group) is 1. The fraction of sp³-hybridized carbons (Fsp3) is 0.636. The Kier molecular flexibility index (Phi) is 9.25. The van der Waals surface area contributed by atoms with E-state index in [1.54, 1.807) is 26.1 Å². The molecule has 162 valence electrons. The maximum atomic E-state index is 12.0. The Morgan fingerprint density at radius 2 is 1.83 bits per heavy atom. The molecular formula is C22H36N4O3.